The third-order valence-electron chi connectivity index (χ3n) is 20.1. The summed E-state index contributed by atoms with van der Waals surface area (Å²) in [5.74, 6) is -19.0. The fraction of sp³-hybridized carbons (Fsp3) is 0.728. The molecule has 0 unspecified atom stereocenters. The quantitative estimate of drug-likeness (QED) is 0.0247. The van der Waals surface area contributed by atoms with Crippen molar-refractivity contribution in [3.63, 3.8) is 0 Å². The molecule has 0 heterocycles. The monoisotopic (exact) mass is 1630 g/mol. The number of nitrogens with one attached hydrogen (secondary N) is 6. The number of carboxylic acid groups (broad SMARTS) is 1. The largest absolute Gasteiger partial charge is 0.508 e. The number of hydrogen-bond acceptors (Lipinski definition) is 22. The minimum Gasteiger partial charge on any atom is -0.508 e. The van der Waals surface area contributed by atoms with E-state index < -0.39 is 212 Å². The summed E-state index contributed by atoms with van der Waals surface area (Å²) in [5.41, 5.74) is 34.3. The number of amides is 8. The Morgan fingerprint density at radius 1 is 0.474 bits per heavy atom. The number of rotatable bonds is 70. The Morgan fingerprint density at radius 3 is 1.45 bits per heavy atom. The van der Waals surface area contributed by atoms with E-state index in [9.17, 15) is 87.2 Å². The number of aliphatic imine (C=N–C) groups is 1. The van der Waals surface area contributed by atoms with Gasteiger partial charge in [0.15, 0.2) is 34.9 Å². The molecule has 0 aliphatic heterocycles. The molecule has 12 atom stereocenters. The van der Waals surface area contributed by atoms with Gasteiger partial charge in [0.1, 0.15) is 17.6 Å². The standard InChI is InChI=1S/C81H137N13O19S/c1-7-8-9-10-11-12-13-14-15-16-17-18-19-26-61(98)42-56(35-39-114-6)75(108)89-49-62(99)43-58(41-54-29-31-60(97)32-30-54)78(111)93-66(33-34-72(84)104)69(101)44-55(25-20-22-36-82)76(109)91-64(27-21-23-37-83)70(102)45-57(40-51(2)3)77(110)92-65(28-24-38-88-81(86)87)71(103)46-59(50-95)79(112)90-52(4)68(100)47-63(53(5)96)80(113)94-67(74(85)107)48-73(105)106/h29-32,51-53,55-59,63-67,95-97H,7-28,33-50,82-83H2,1-6H3,(H2,84,104)(H2,85,107)(H,89,108)(H,90,112)(H,91,109)(H,92,110)(H,93,111)(H,94,113)(H,105,106)(H4,86,87,88)/t52-,53+,55+,56+,57+,58+,59-,63-,64-,65-,66-,67-/m0/s1. The predicted molar refractivity (Wildman–Crippen MR) is 436 cm³/mol. The third kappa shape index (κ3) is 46.3. The van der Waals surface area contributed by atoms with Crippen molar-refractivity contribution >= 4 is 106 Å². The Balaban J connectivity index is 3.54. The number of carbonyl (C=O) groups is 15. The average Bonchev–Trinajstić information content (AvgIpc) is 0.858. The first-order valence-corrected chi connectivity index (χ1v) is 42.2. The number of benzene rings is 1. The van der Waals surface area contributed by atoms with Gasteiger partial charge in [0.2, 0.25) is 47.3 Å². The van der Waals surface area contributed by atoms with E-state index in [1.165, 1.54) is 88.6 Å². The summed E-state index contributed by atoms with van der Waals surface area (Å²) in [6.45, 7) is 7.18. The van der Waals surface area contributed by atoms with Gasteiger partial charge in [-0.25, -0.2) is 0 Å². The van der Waals surface area contributed by atoms with Crippen LogP contribution in [0.2, 0.25) is 0 Å². The van der Waals surface area contributed by atoms with Crippen molar-refractivity contribution in [2.75, 3.05) is 44.8 Å². The molecule has 1 aromatic rings. The average molecular weight is 1630 g/mol. The van der Waals surface area contributed by atoms with Gasteiger partial charge in [-0.3, -0.25) is 76.9 Å². The second-order valence-corrected chi connectivity index (χ2v) is 31.7. The smallest absolute Gasteiger partial charge is 0.305 e. The van der Waals surface area contributed by atoms with Gasteiger partial charge in [-0.15, -0.1) is 0 Å². The van der Waals surface area contributed by atoms with E-state index in [4.69, 9.17) is 39.5 Å². The van der Waals surface area contributed by atoms with Crippen LogP contribution in [0.25, 0.3) is 0 Å². The number of unbranched alkanes of at least 4 members (excludes halogenated alkanes) is 14. The van der Waals surface area contributed by atoms with Crippen LogP contribution in [0, 0.1) is 41.4 Å². The summed E-state index contributed by atoms with van der Waals surface area (Å²) in [5, 5.41) is 55.7. The fourth-order valence-electron chi connectivity index (χ4n) is 13.3. The van der Waals surface area contributed by atoms with E-state index in [0.717, 1.165) is 32.6 Å². The van der Waals surface area contributed by atoms with Crippen LogP contribution in [0.15, 0.2) is 29.3 Å². The van der Waals surface area contributed by atoms with Crippen LogP contribution in [0.5, 0.6) is 5.75 Å². The normalized spacial score (nSPS) is 14.5. The van der Waals surface area contributed by atoms with E-state index in [1.54, 1.807) is 26.0 Å². The van der Waals surface area contributed by atoms with Crippen LogP contribution in [-0.2, 0) is 78.3 Å². The first kappa shape index (κ1) is 104. The molecule has 1 aromatic carbocycles. The number of nitrogens with two attached hydrogens (primary N) is 6. The summed E-state index contributed by atoms with van der Waals surface area (Å²) < 4.78 is 0. The molecule has 0 fully saturated rings. The van der Waals surface area contributed by atoms with Crippen molar-refractivity contribution in [2.24, 2.45) is 80.8 Å². The van der Waals surface area contributed by atoms with Gasteiger partial charge in [0.25, 0.3) is 0 Å². The zero-order valence-corrected chi connectivity index (χ0v) is 69.1. The zero-order chi connectivity index (χ0) is 85.7. The van der Waals surface area contributed by atoms with E-state index >= 15 is 0 Å². The second-order valence-electron chi connectivity index (χ2n) is 30.7. The van der Waals surface area contributed by atoms with E-state index in [2.05, 4.69) is 43.8 Å². The van der Waals surface area contributed by atoms with Gasteiger partial charge in [-0.1, -0.05) is 116 Å². The minimum atomic E-state index is -1.68. The number of aromatic hydroxyl groups is 1. The highest BCUT2D eigenvalue weighted by molar-refractivity contribution is 7.98. The number of ketones is 6. The van der Waals surface area contributed by atoms with Crippen molar-refractivity contribution in [3.8, 4) is 5.75 Å². The topological polar surface area (TPSA) is 578 Å². The maximum atomic E-state index is 14.8. The lowest BCUT2D eigenvalue weighted by atomic mass is 9.87. The number of carboxylic acids is 1. The van der Waals surface area contributed by atoms with Crippen molar-refractivity contribution in [1.82, 2.24) is 31.9 Å². The fourth-order valence-corrected chi connectivity index (χ4v) is 13.8. The lowest BCUT2D eigenvalue weighted by Crippen LogP contribution is -2.50. The molecule has 0 aliphatic carbocycles. The number of nitrogens with zero attached hydrogens (tertiary/aromatic N) is 1. The highest BCUT2D eigenvalue weighted by Gasteiger charge is 2.38. The Labute approximate surface area is 677 Å². The molecule has 0 saturated heterocycles. The molecule has 114 heavy (non-hydrogen) atoms. The summed E-state index contributed by atoms with van der Waals surface area (Å²) in [4.78, 5) is 209. The molecule has 33 heteroatoms. The molecular weight excluding hydrogens is 1490 g/mol. The number of aliphatic hydroxyl groups is 2. The van der Waals surface area contributed by atoms with Crippen LogP contribution < -0.4 is 66.3 Å². The summed E-state index contributed by atoms with van der Waals surface area (Å²) in [6, 6.07) is -1.29. The molecule has 32 nitrogen and oxygen atoms in total. The maximum absolute atomic E-state index is 14.8. The van der Waals surface area contributed by atoms with Crippen LogP contribution >= 0.6 is 11.8 Å². The van der Waals surface area contributed by atoms with Crippen molar-refractivity contribution < 1.29 is 92.3 Å². The predicted octanol–water partition coefficient (Wildman–Crippen LogP) is 4.14. The minimum absolute atomic E-state index is 0.0153. The van der Waals surface area contributed by atoms with E-state index in [-0.39, 0.29) is 94.4 Å². The molecule has 8 amide bonds. The first-order chi connectivity index (χ1) is 54.1. The van der Waals surface area contributed by atoms with Crippen LogP contribution in [0.1, 0.15) is 252 Å². The van der Waals surface area contributed by atoms with Gasteiger partial charge >= 0.3 is 5.97 Å². The Kier molecular flexibility index (Phi) is 54.9. The number of primary amides is 2. The SMILES string of the molecule is CCCCCCCCCCCCCCCC(=O)C[C@@H](CCSC)C(=O)NCC(=O)C[C@@H](Cc1ccc(O)cc1)C(=O)N[C@@H](CCC(N)=O)C(=O)C[C@@H](CCCCN)C(=O)N[C@@H](CCCCN)C(=O)C[C@@H](CC(C)C)C(=O)N[C@@H](CCCN=C(N)N)C(=O)C[C@@H](CO)C(=O)N[C@@H](C)C(=O)C[C@H](C(=O)N[C@@H](CC(=O)O)C(N)=O)[C@@H](C)O. The maximum Gasteiger partial charge on any atom is 0.305 e. The van der Waals surface area contributed by atoms with Gasteiger partial charge in [-0.05, 0) is 140 Å². The number of aliphatic carboxylic acids is 1. The number of aliphatic hydroxyl groups excluding tert-OH is 2. The second kappa shape index (κ2) is 60.3. The lowest BCUT2D eigenvalue weighted by Gasteiger charge is -2.27. The highest BCUT2D eigenvalue weighted by atomic mass is 32.2. The van der Waals surface area contributed by atoms with Crippen LogP contribution in [-0.4, -0.2) is 195 Å². The molecule has 0 aromatic heterocycles. The first-order valence-electron chi connectivity index (χ1n) is 40.9. The Hall–Kier alpha value is -8.27. The molecule has 22 N–H and O–H groups in total. The third-order valence-corrected chi connectivity index (χ3v) is 20.8. The molecule has 0 radical (unpaired) electrons. The van der Waals surface area contributed by atoms with Crippen molar-refractivity contribution in [2.45, 2.75) is 289 Å². The molecule has 0 spiro atoms. The van der Waals surface area contributed by atoms with Crippen molar-refractivity contribution in [3.05, 3.63) is 29.8 Å². The molecular formula is C81H137N13O19S. The Bertz CT molecular complexity index is 3190. The summed E-state index contributed by atoms with van der Waals surface area (Å²) >= 11 is 1.52. The van der Waals surface area contributed by atoms with E-state index in [1.807, 2.05) is 6.26 Å². The summed E-state index contributed by atoms with van der Waals surface area (Å²) in [6.07, 6.45) is 13.3. The number of guanidine groups is 1. The molecule has 646 valence electrons. The molecule has 1 rings (SSSR count). The Morgan fingerprint density at radius 2 is 0.947 bits per heavy atom. The van der Waals surface area contributed by atoms with E-state index in [0.29, 0.717) is 49.8 Å². The van der Waals surface area contributed by atoms with Crippen LogP contribution in [0.3, 0.4) is 0 Å². The number of carbonyl (C=O) groups excluding carboxylic acids is 14. The van der Waals surface area contributed by atoms with Crippen LogP contribution in [0.4, 0.5) is 0 Å². The van der Waals surface area contributed by atoms with Gasteiger partial charge in [0.05, 0.1) is 61.7 Å². The number of phenolic OH excluding ortho intramolecular Hbond substituents is 1. The number of thioether (sulfide) groups is 1. The molecule has 0 bridgehead atoms. The van der Waals surface area contributed by atoms with Gasteiger partial charge < -0.3 is 86.7 Å². The lowest BCUT2D eigenvalue weighted by molar-refractivity contribution is -0.141. The number of hydrogen-bond donors (Lipinski definition) is 16. The van der Waals surface area contributed by atoms with Crippen molar-refractivity contribution in [1.29, 1.82) is 0 Å². The van der Waals surface area contributed by atoms with Gasteiger partial charge in [-0.2, -0.15) is 11.8 Å². The highest BCUT2D eigenvalue weighted by Crippen LogP contribution is 2.26. The number of phenols is 1. The number of Topliss-reactive ketones (excluding diaryl/α,β-unsaturated/α-hetero) is 6. The summed E-state index contributed by atoms with van der Waals surface area (Å²) in [7, 11) is 0. The van der Waals surface area contributed by atoms with Gasteiger partial charge in [0, 0.05) is 81.6 Å². The molecule has 0 aliphatic rings. The zero-order valence-electron chi connectivity index (χ0n) is 68.3. The molecule has 0 saturated carbocycles.